The van der Waals surface area contributed by atoms with Crippen molar-refractivity contribution in [2.24, 2.45) is 0 Å². The summed E-state index contributed by atoms with van der Waals surface area (Å²) in [6, 6.07) is 9.91. The molecule has 192 valence electrons. The highest BCUT2D eigenvalue weighted by Crippen LogP contribution is 2.30. The minimum Gasteiger partial charge on any atom is -0.381 e. The lowest BCUT2D eigenvalue weighted by atomic mass is 10.0. The highest BCUT2D eigenvalue weighted by Gasteiger charge is 2.22. The van der Waals surface area contributed by atoms with E-state index >= 15 is 0 Å². The topological polar surface area (TPSA) is 105 Å². The van der Waals surface area contributed by atoms with Gasteiger partial charge in [-0.25, -0.2) is 4.98 Å². The number of carbonyl (C=O) groups is 1. The van der Waals surface area contributed by atoms with Gasteiger partial charge in [-0.05, 0) is 68.9 Å². The Morgan fingerprint density at radius 2 is 1.95 bits per heavy atom. The van der Waals surface area contributed by atoms with Crippen LogP contribution in [0.5, 0.6) is 0 Å². The lowest BCUT2D eigenvalue weighted by molar-refractivity contribution is 0.0675. The number of hydrogen-bond acceptors (Lipinski definition) is 6. The maximum Gasteiger partial charge on any atom is 0.259 e. The second-order valence-electron chi connectivity index (χ2n) is 10.1. The van der Waals surface area contributed by atoms with Crippen LogP contribution < -0.4 is 15.8 Å². The Balaban J connectivity index is 1.30. The quantitative estimate of drug-likeness (QED) is 0.431. The van der Waals surface area contributed by atoms with Crippen LogP contribution in [0.4, 0.5) is 5.82 Å². The number of aryl methyl sites for hydroxylation is 1. The number of benzene rings is 1. The summed E-state index contributed by atoms with van der Waals surface area (Å²) in [7, 11) is 0. The van der Waals surface area contributed by atoms with E-state index in [1.54, 1.807) is 6.20 Å². The van der Waals surface area contributed by atoms with E-state index in [0.29, 0.717) is 36.2 Å². The Kier molecular flexibility index (Phi) is 6.38. The van der Waals surface area contributed by atoms with Crippen LogP contribution in [0.2, 0.25) is 0 Å². The summed E-state index contributed by atoms with van der Waals surface area (Å²) in [5.74, 6) is 0.808. The molecule has 2 fully saturated rings. The smallest absolute Gasteiger partial charge is 0.259 e. The van der Waals surface area contributed by atoms with E-state index in [0.717, 1.165) is 53.9 Å². The van der Waals surface area contributed by atoms with Crippen LogP contribution >= 0.6 is 0 Å². The zero-order valence-corrected chi connectivity index (χ0v) is 21.1. The van der Waals surface area contributed by atoms with Gasteiger partial charge in [-0.2, -0.15) is 5.10 Å². The van der Waals surface area contributed by atoms with Gasteiger partial charge in [-0.1, -0.05) is 6.07 Å². The van der Waals surface area contributed by atoms with E-state index in [2.05, 4.69) is 20.3 Å². The van der Waals surface area contributed by atoms with Gasteiger partial charge in [-0.3, -0.25) is 14.3 Å². The standard InChI is InChI=1S/C28H32N6O3/c1-18-14-24-22(26-23(28(36)32-24)17-30-34(26)20-8-12-37-13-9-20)15-21(18)27(35)29-16-19-6-5-7-25(31-19)33-10-3-2-4-11-33/h5-7,14-15,17,20H,2-4,8-13,16H2,1H3,(H,29,35)(H,32,36). The number of hydrogen-bond donors (Lipinski definition) is 2. The Morgan fingerprint density at radius 1 is 1.14 bits per heavy atom. The Labute approximate surface area is 214 Å². The zero-order chi connectivity index (χ0) is 25.4. The minimum absolute atomic E-state index is 0.160. The molecule has 2 saturated heterocycles. The molecule has 37 heavy (non-hydrogen) atoms. The van der Waals surface area contributed by atoms with Crippen molar-refractivity contribution in [1.29, 1.82) is 0 Å². The molecular weight excluding hydrogens is 468 g/mol. The number of nitrogens with one attached hydrogen (secondary N) is 2. The monoisotopic (exact) mass is 500 g/mol. The number of piperidine rings is 1. The molecule has 0 bridgehead atoms. The first kappa shape index (κ1) is 23.7. The lowest BCUT2D eigenvalue weighted by Gasteiger charge is -2.28. The number of aromatic amines is 1. The fourth-order valence-corrected chi connectivity index (χ4v) is 5.58. The molecule has 2 aliphatic rings. The number of nitrogens with zero attached hydrogens (tertiary/aromatic N) is 4. The van der Waals surface area contributed by atoms with Crippen LogP contribution in [0.1, 0.15) is 59.8 Å². The predicted octanol–water partition coefficient (Wildman–Crippen LogP) is 3.85. The first-order valence-corrected chi connectivity index (χ1v) is 13.2. The molecule has 9 nitrogen and oxygen atoms in total. The molecule has 1 amide bonds. The molecule has 0 unspecified atom stereocenters. The van der Waals surface area contributed by atoms with E-state index in [-0.39, 0.29) is 17.5 Å². The molecule has 9 heteroatoms. The van der Waals surface area contributed by atoms with E-state index in [1.807, 2.05) is 41.9 Å². The first-order valence-electron chi connectivity index (χ1n) is 13.2. The predicted molar refractivity (Wildman–Crippen MR) is 143 cm³/mol. The number of carbonyl (C=O) groups excluding carboxylic acids is 1. The number of H-pyrrole nitrogens is 1. The summed E-state index contributed by atoms with van der Waals surface area (Å²) in [5, 5.41) is 8.98. The van der Waals surface area contributed by atoms with Crippen LogP contribution in [0.3, 0.4) is 0 Å². The molecule has 5 heterocycles. The van der Waals surface area contributed by atoms with Crippen LogP contribution in [0.15, 0.2) is 41.3 Å². The fraction of sp³-hybridized carbons (Fsp3) is 0.429. The third-order valence-corrected chi connectivity index (χ3v) is 7.59. The molecule has 0 radical (unpaired) electrons. The van der Waals surface area contributed by atoms with Crippen molar-refractivity contribution in [3.63, 3.8) is 0 Å². The summed E-state index contributed by atoms with van der Waals surface area (Å²) in [6.45, 7) is 5.64. The first-order chi connectivity index (χ1) is 18.1. The average molecular weight is 501 g/mol. The number of fused-ring (bicyclic) bond motifs is 3. The molecule has 4 aromatic rings. The van der Waals surface area contributed by atoms with Gasteiger partial charge in [0.15, 0.2) is 0 Å². The largest absolute Gasteiger partial charge is 0.381 e. The maximum atomic E-state index is 13.3. The molecule has 3 aromatic heterocycles. The fourth-order valence-electron chi connectivity index (χ4n) is 5.58. The second-order valence-corrected chi connectivity index (χ2v) is 10.1. The molecule has 0 saturated carbocycles. The molecule has 2 N–H and O–H groups in total. The van der Waals surface area contributed by atoms with Gasteiger partial charge in [0.2, 0.25) is 0 Å². The molecule has 2 aliphatic heterocycles. The number of aromatic nitrogens is 4. The number of pyridine rings is 2. The Bertz CT molecular complexity index is 1510. The van der Waals surface area contributed by atoms with Crippen molar-refractivity contribution in [2.75, 3.05) is 31.2 Å². The van der Waals surface area contributed by atoms with E-state index < -0.39 is 0 Å². The molecule has 0 spiro atoms. The van der Waals surface area contributed by atoms with Crippen molar-refractivity contribution in [2.45, 2.75) is 51.6 Å². The van der Waals surface area contributed by atoms with Crippen LogP contribution in [-0.2, 0) is 11.3 Å². The molecule has 1 aromatic carbocycles. The van der Waals surface area contributed by atoms with Crippen LogP contribution in [0.25, 0.3) is 21.8 Å². The number of rotatable bonds is 5. The van der Waals surface area contributed by atoms with Gasteiger partial charge in [0.25, 0.3) is 11.5 Å². The number of ether oxygens (including phenoxy) is 1. The summed E-state index contributed by atoms with van der Waals surface area (Å²) in [5.41, 5.74) is 3.52. The third-order valence-electron chi connectivity index (χ3n) is 7.59. The molecule has 0 atom stereocenters. The van der Waals surface area contributed by atoms with Crippen molar-refractivity contribution in [1.82, 2.24) is 25.1 Å². The van der Waals surface area contributed by atoms with Crippen molar-refractivity contribution in [3.05, 3.63) is 63.7 Å². The molecular formula is C28H32N6O3. The van der Waals surface area contributed by atoms with E-state index in [1.165, 1.54) is 19.3 Å². The molecule has 0 aliphatic carbocycles. The van der Waals surface area contributed by atoms with Gasteiger partial charge >= 0.3 is 0 Å². The van der Waals surface area contributed by atoms with Gasteiger partial charge < -0.3 is 19.9 Å². The summed E-state index contributed by atoms with van der Waals surface area (Å²) in [6.07, 6.45) is 6.96. The van der Waals surface area contributed by atoms with Crippen molar-refractivity contribution < 1.29 is 9.53 Å². The second kappa shape index (κ2) is 9.97. The summed E-state index contributed by atoms with van der Waals surface area (Å²) in [4.78, 5) is 36.2. The zero-order valence-electron chi connectivity index (χ0n) is 21.1. The van der Waals surface area contributed by atoms with Gasteiger partial charge in [0.05, 0.1) is 40.9 Å². The highest BCUT2D eigenvalue weighted by atomic mass is 16.5. The summed E-state index contributed by atoms with van der Waals surface area (Å²) < 4.78 is 7.47. The average Bonchev–Trinajstić information content (AvgIpc) is 3.39. The Morgan fingerprint density at radius 3 is 2.76 bits per heavy atom. The minimum atomic E-state index is -0.169. The maximum absolute atomic E-state index is 13.3. The highest BCUT2D eigenvalue weighted by molar-refractivity contribution is 6.07. The number of anilines is 1. The normalized spacial score (nSPS) is 16.9. The van der Waals surface area contributed by atoms with Crippen molar-refractivity contribution in [3.8, 4) is 0 Å². The lowest BCUT2D eigenvalue weighted by Crippen LogP contribution is -2.30. The molecule has 6 rings (SSSR count). The Hall–Kier alpha value is -3.72. The van der Waals surface area contributed by atoms with E-state index in [4.69, 9.17) is 9.72 Å². The van der Waals surface area contributed by atoms with E-state index in [9.17, 15) is 9.59 Å². The number of amides is 1. The third kappa shape index (κ3) is 4.59. The SMILES string of the molecule is Cc1cc2[nH]c(=O)c3cnn(C4CCOCC4)c3c2cc1C(=O)NCc1cccc(N2CCCCC2)n1. The van der Waals surface area contributed by atoms with Crippen LogP contribution in [0, 0.1) is 6.92 Å². The van der Waals surface area contributed by atoms with Gasteiger partial charge in [0, 0.05) is 37.3 Å². The van der Waals surface area contributed by atoms with Crippen molar-refractivity contribution >= 4 is 33.5 Å². The van der Waals surface area contributed by atoms with Crippen LogP contribution in [-0.4, -0.2) is 52.0 Å². The van der Waals surface area contributed by atoms with Gasteiger partial charge in [-0.15, -0.1) is 0 Å². The summed E-state index contributed by atoms with van der Waals surface area (Å²) >= 11 is 0. The van der Waals surface area contributed by atoms with Gasteiger partial charge in [0.1, 0.15) is 5.82 Å².